The van der Waals surface area contributed by atoms with Crippen LogP contribution in [0.2, 0.25) is 0 Å². The van der Waals surface area contributed by atoms with Crippen LogP contribution in [-0.2, 0) is 0 Å². The summed E-state index contributed by atoms with van der Waals surface area (Å²) in [5, 5.41) is 2.99. The maximum atomic E-state index is 12.4. The summed E-state index contributed by atoms with van der Waals surface area (Å²) in [5.74, 6) is 1.72. The largest absolute Gasteiger partial charge is 0.492 e. The normalized spacial score (nSPS) is 19.8. The molecule has 1 saturated carbocycles. The van der Waals surface area contributed by atoms with Crippen molar-refractivity contribution in [3.63, 3.8) is 0 Å². The summed E-state index contributed by atoms with van der Waals surface area (Å²) in [6.07, 6.45) is 8.07. The Balaban J connectivity index is 1.33. The van der Waals surface area contributed by atoms with Crippen LogP contribution in [0, 0.1) is 5.92 Å². The van der Waals surface area contributed by atoms with Gasteiger partial charge in [-0.2, -0.15) is 0 Å². The fourth-order valence-corrected chi connectivity index (χ4v) is 4.05. The third kappa shape index (κ3) is 6.20. The molecule has 5 nitrogen and oxygen atoms in total. The number of para-hydroxylation sites is 1. The number of hydrogen-bond acceptors (Lipinski definition) is 3. The molecule has 0 atom stereocenters. The van der Waals surface area contributed by atoms with Gasteiger partial charge in [-0.25, -0.2) is 4.79 Å². The average Bonchev–Trinajstić information content (AvgIpc) is 2.92. The van der Waals surface area contributed by atoms with Crippen molar-refractivity contribution in [1.29, 1.82) is 0 Å². The first-order valence-corrected chi connectivity index (χ1v) is 10.2. The fourth-order valence-electron chi connectivity index (χ4n) is 4.05. The third-order valence-corrected chi connectivity index (χ3v) is 5.51. The molecule has 1 aliphatic carbocycles. The van der Waals surface area contributed by atoms with Crippen molar-refractivity contribution in [2.24, 2.45) is 5.92 Å². The molecule has 1 N–H and O–H groups in total. The highest BCUT2D eigenvalue weighted by Gasteiger charge is 2.22. The predicted octanol–water partition coefficient (Wildman–Crippen LogP) is 3.36. The molecule has 0 aromatic heterocycles. The summed E-state index contributed by atoms with van der Waals surface area (Å²) in [5.41, 5.74) is 0. The van der Waals surface area contributed by atoms with Gasteiger partial charge in [-0.05, 0) is 43.9 Å². The fraction of sp³-hybridized carbons (Fsp3) is 0.667. The molecular formula is C21H33N3O2. The molecule has 2 aliphatic rings. The molecule has 2 fully saturated rings. The number of benzene rings is 1. The van der Waals surface area contributed by atoms with Gasteiger partial charge in [0.15, 0.2) is 0 Å². The van der Waals surface area contributed by atoms with E-state index in [4.69, 9.17) is 4.74 Å². The molecule has 0 spiro atoms. The minimum atomic E-state index is 0.0428. The highest BCUT2D eigenvalue weighted by Crippen LogP contribution is 2.24. The molecule has 144 valence electrons. The van der Waals surface area contributed by atoms with E-state index in [-0.39, 0.29) is 6.03 Å². The summed E-state index contributed by atoms with van der Waals surface area (Å²) < 4.78 is 5.63. The van der Waals surface area contributed by atoms with Crippen molar-refractivity contribution >= 4 is 6.03 Å². The average molecular weight is 360 g/mol. The van der Waals surface area contributed by atoms with E-state index in [1.807, 2.05) is 35.2 Å². The molecule has 1 heterocycles. The van der Waals surface area contributed by atoms with Gasteiger partial charge in [-0.1, -0.05) is 37.5 Å². The van der Waals surface area contributed by atoms with Gasteiger partial charge in [0.2, 0.25) is 0 Å². The van der Waals surface area contributed by atoms with E-state index in [0.29, 0.717) is 13.2 Å². The van der Waals surface area contributed by atoms with Crippen LogP contribution in [0.3, 0.4) is 0 Å². The Hall–Kier alpha value is -1.75. The van der Waals surface area contributed by atoms with E-state index in [1.165, 1.54) is 38.6 Å². The third-order valence-electron chi connectivity index (χ3n) is 5.51. The minimum Gasteiger partial charge on any atom is -0.492 e. The molecular weight excluding hydrogens is 326 g/mol. The van der Waals surface area contributed by atoms with E-state index in [9.17, 15) is 4.79 Å². The number of nitrogens with zero attached hydrogens (tertiary/aromatic N) is 2. The van der Waals surface area contributed by atoms with Crippen molar-refractivity contribution in [2.75, 3.05) is 45.9 Å². The molecule has 26 heavy (non-hydrogen) atoms. The molecule has 1 aromatic carbocycles. The standard InChI is InChI=1S/C21H33N3O2/c25-21(22-12-17-26-20-10-5-2-6-11-20)24-14-7-13-23(15-16-24)18-19-8-3-1-4-9-19/h2,5-6,10-11,19H,1,3-4,7-9,12-18H2,(H,22,25). The number of carbonyl (C=O) groups is 1. The van der Waals surface area contributed by atoms with Crippen LogP contribution in [-0.4, -0.2) is 61.7 Å². The van der Waals surface area contributed by atoms with Crippen molar-refractivity contribution in [3.05, 3.63) is 30.3 Å². The number of urea groups is 1. The Bertz CT molecular complexity index is 531. The van der Waals surface area contributed by atoms with Gasteiger partial charge in [0, 0.05) is 26.2 Å². The quantitative estimate of drug-likeness (QED) is 0.792. The predicted molar refractivity (Wildman–Crippen MR) is 105 cm³/mol. The van der Waals surface area contributed by atoms with E-state index in [1.54, 1.807) is 0 Å². The lowest BCUT2D eigenvalue weighted by molar-refractivity contribution is 0.188. The van der Waals surface area contributed by atoms with Crippen LogP contribution >= 0.6 is 0 Å². The van der Waals surface area contributed by atoms with Crippen LogP contribution in [0.5, 0.6) is 5.75 Å². The lowest BCUT2D eigenvalue weighted by atomic mass is 9.89. The first kappa shape index (κ1) is 19.0. The number of rotatable bonds is 6. The molecule has 1 aliphatic heterocycles. The molecule has 0 unspecified atom stereocenters. The van der Waals surface area contributed by atoms with Gasteiger partial charge in [-0.3, -0.25) is 0 Å². The summed E-state index contributed by atoms with van der Waals surface area (Å²) in [6, 6.07) is 9.76. The summed E-state index contributed by atoms with van der Waals surface area (Å²) in [6.45, 7) is 6.07. The van der Waals surface area contributed by atoms with Crippen molar-refractivity contribution in [1.82, 2.24) is 15.1 Å². The number of hydrogen-bond donors (Lipinski definition) is 1. The molecule has 3 rings (SSSR count). The van der Waals surface area contributed by atoms with Crippen molar-refractivity contribution < 1.29 is 9.53 Å². The summed E-state index contributed by atoms with van der Waals surface area (Å²) in [7, 11) is 0. The number of amides is 2. The molecule has 1 saturated heterocycles. The summed E-state index contributed by atoms with van der Waals surface area (Å²) >= 11 is 0. The smallest absolute Gasteiger partial charge is 0.317 e. The van der Waals surface area contributed by atoms with Gasteiger partial charge >= 0.3 is 6.03 Å². The van der Waals surface area contributed by atoms with E-state index in [2.05, 4.69) is 10.2 Å². The topological polar surface area (TPSA) is 44.8 Å². The Morgan fingerprint density at radius 2 is 1.81 bits per heavy atom. The lowest BCUT2D eigenvalue weighted by Gasteiger charge is -2.28. The molecule has 0 radical (unpaired) electrons. The zero-order chi connectivity index (χ0) is 18.0. The van der Waals surface area contributed by atoms with Crippen LogP contribution in [0.1, 0.15) is 38.5 Å². The van der Waals surface area contributed by atoms with Gasteiger partial charge < -0.3 is 19.9 Å². The highest BCUT2D eigenvalue weighted by molar-refractivity contribution is 5.74. The molecule has 1 aromatic rings. The highest BCUT2D eigenvalue weighted by atomic mass is 16.5. The van der Waals surface area contributed by atoms with Crippen molar-refractivity contribution in [3.8, 4) is 5.75 Å². The van der Waals surface area contributed by atoms with Crippen LogP contribution in [0.25, 0.3) is 0 Å². The second-order valence-corrected chi connectivity index (χ2v) is 7.54. The minimum absolute atomic E-state index is 0.0428. The van der Waals surface area contributed by atoms with Crippen molar-refractivity contribution in [2.45, 2.75) is 38.5 Å². The molecule has 5 heteroatoms. The van der Waals surface area contributed by atoms with Crippen LogP contribution in [0.15, 0.2) is 30.3 Å². The maximum Gasteiger partial charge on any atom is 0.317 e. The first-order valence-electron chi connectivity index (χ1n) is 10.2. The number of ether oxygens (including phenoxy) is 1. The van der Waals surface area contributed by atoms with E-state index < -0.39 is 0 Å². The van der Waals surface area contributed by atoms with Gasteiger partial charge in [0.25, 0.3) is 0 Å². The summed E-state index contributed by atoms with van der Waals surface area (Å²) in [4.78, 5) is 16.9. The Labute approximate surface area is 157 Å². The molecule has 2 amide bonds. The zero-order valence-electron chi connectivity index (χ0n) is 15.9. The van der Waals surface area contributed by atoms with E-state index in [0.717, 1.165) is 44.3 Å². The first-order chi connectivity index (χ1) is 12.8. The van der Waals surface area contributed by atoms with Crippen LogP contribution in [0.4, 0.5) is 4.79 Å². The van der Waals surface area contributed by atoms with Gasteiger partial charge in [0.1, 0.15) is 12.4 Å². The Kier molecular flexibility index (Phi) is 7.62. The Morgan fingerprint density at radius 1 is 1.00 bits per heavy atom. The number of nitrogens with one attached hydrogen (secondary N) is 1. The second kappa shape index (κ2) is 10.4. The van der Waals surface area contributed by atoms with Gasteiger partial charge in [0.05, 0.1) is 6.54 Å². The second-order valence-electron chi connectivity index (χ2n) is 7.54. The lowest BCUT2D eigenvalue weighted by Crippen LogP contribution is -2.43. The number of carbonyl (C=O) groups excluding carboxylic acids is 1. The SMILES string of the molecule is O=C(NCCOc1ccccc1)N1CCCN(CC2CCCCC2)CC1. The Morgan fingerprint density at radius 3 is 2.62 bits per heavy atom. The van der Waals surface area contributed by atoms with Gasteiger partial charge in [-0.15, -0.1) is 0 Å². The maximum absolute atomic E-state index is 12.4. The van der Waals surface area contributed by atoms with Crippen LogP contribution < -0.4 is 10.1 Å². The molecule has 0 bridgehead atoms. The van der Waals surface area contributed by atoms with E-state index >= 15 is 0 Å². The monoisotopic (exact) mass is 359 g/mol. The zero-order valence-corrected chi connectivity index (χ0v) is 15.9.